The van der Waals surface area contributed by atoms with Crippen molar-refractivity contribution in [2.75, 3.05) is 18.5 Å². The van der Waals surface area contributed by atoms with E-state index >= 15 is 0 Å². The van der Waals surface area contributed by atoms with Gasteiger partial charge in [-0.3, -0.25) is 0 Å². The summed E-state index contributed by atoms with van der Waals surface area (Å²) >= 11 is 6.33. The van der Waals surface area contributed by atoms with E-state index in [-0.39, 0.29) is 5.82 Å². The Morgan fingerprint density at radius 3 is 2.73 bits per heavy atom. The van der Waals surface area contributed by atoms with Gasteiger partial charge in [0.25, 0.3) is 0 Å². The Morgan fingerprint density at radius 1 is 1.17 bits per heavy atom. The Labute approximate surface area is 178 Å². The van der Waals surface area contributed by atoms with Crippen LogP contribution in [-0.4, -0.2) is 32.1 Å². The molecule has 3 aromatic heterocycles. The first-order chi connectivity index (χ1) is 14.6. The van der Waals surface area contributed by atoms with Gasteiger partial charge in [0.05, 0.1) is 34.1 Å². The van der Waals surface area contributed by atoms with Gasteiger partial charge in [-0.05, 0) is 44.0 Å². The van der Waals surface area contributed by atoms with E-state index < -0.39 is 0 Å². The number of pyridine rings is 1. The number of rotatable bonds is 4. The number of hydrogen-bond acceptors (Lipinski definition) is 4. The van der Waals surface area contributed by atoms with Crippen LogP contribution in [0, 0.1) is 12.7 Å². The molecular weight excluding hydrogens is 405 g/mol. The zero-order valence-electron chi connectivity index (χ0n) is 16.5. The number of anilines is 2. The van der Waals surface area contributed by atoms with Crippen LogP contribution >= 0.6 is 11.6 Å². The largest absolute Gasteiger partial charge is 0.381 e. The van der Waals surface area contributed by atoms with E-state index in [1.165, 1.54) is 6.07 Å². The average molecular weight is 426 g/mol. The highest BCUT2D eigenvalue weighted by molar-refractivity contribution is 6.30. The predicted octanol–water partition coefficient (Wildman–Crippen LogP) is 5.26. The summed E-state index contributed by atoms with van der Waals surface area (Å²) in [5.41, 5.74) is 4.41. The van der Waals surface area contributed by atoms with Crippen LogP contribution in [0.25, 0.3) is 11.3 Å². The number of fused-ring (bicyclic) bond motifs is 1. The minimum absolute atomic E-state index is 0.346. The molecule has 4 heterocycles. The highest BCUT2D eigenvalue weighted by Crippen LogP contribution is 2.31. The summed E-state index contributed by atoms with van der Waals surface area (Å²) in [5.74, 6) is 0.0299. The van der Waals surface area contributed by atoms with Crippen LogP contribution in [0.3, 0.4) is 0 Å². The number of nitrogens with one attached hydrogen (secondary N) is 1. The molecule has 0 aliphatic carbocycles. The maximum atomic E-state index is 14.7. The van der Waals surface area contributed by atoms with Gasteiger partial charge >= 0.3 is 0 Å². The third kappa shape index (κ3) is 3.66. The molecule has 0 amide bonds. The summed E-state index contributed by atoms with van der Waals surface area (Å²) in [6.45, 7) is 3.38. The number of aromatic nitrogens is 4. The van der Waals surface area contributed by atoms with E-state index in [4.69, 9.17) is 21.3 Å². The fourth-order valence-corrected chi connectivity index (χ4v) is 4.08. The van der Waals surface area contributed by atoms with Gasteiger partial charge in [-0.1, -0.05) is 11.6 Å². The molecule has 0 radical (unpaired) electrons. The Kier molecular flexibility index (Phi) is 4.92. The van der Waals surface area contributed by atoms with Gasteiger partial charge in [0.15, 0.2) is 5.65 Å². The number of halogens is 2. The van der Waals surface area contributed by atoms with Crippen molar-refractivity contribution in [1.29, 1.82) is 0 Å². The Morgan fingerprint density at radius 2 is 2.00 bits per heavy atom. The average Bonchev–Trinajstić information content (AvgIpc) is 3.35. The van der Waals surface area contributed by atoms with Gasteiger partial charge in [0.1, 0.15) is 5.82 Å². The van der Waals surface area contributed by atoms with Crippen LogP contribution in [0.15, 0.2) is 49.2 Å². The van der Waals surface area contributed by atoms with Crippen molar-refractivity contribution in [3.63, 3.8) is 0 Å². The molecule has 1 aliphatic heterocycles. The van der Waals surface area contributed by atoms with Crippen molar-refractivity contribution in [3.8, 4) is 5.69 Å². The molecule has 30 heavy (non-hydrogen) atoms. The van der Waals surface area contributed by atoms with Gasteiger partial charge < -0.3 is 19.0 Å². The van der Waals surface area contributed by atoms with Crippen LogP contribution in [-0.2, 0) is 4.74 Å². The zero-order chi connectivity index (χ0) is 20.7. The van der Waals surface area contributed by atoms with Crippen LogP contribution in [0.5, 0.6) is 0 Å². The van der Waals surface area contributed by atoms with E-state index in [0.717, 1.165) is 48.8 Å². The monoisotopic (exact) mass is 425 g/mol. The summed E-state index contributed by atoms with van der Waals surface area (Å²) in [6.07, 6.45) is 9.16. The van der Waals surface area contributed by atoms with E-state index in [9.17, 15) is 4.39 Å². The van der Waals surface area contributed by atoms with Crippen molar-refractivity contribution in [2.45, 2.75) is 25.7 Å². The maximum absolute atomic E-state index is 14.7. The van der Waals surface area contributed by atoms with Gasteiger partial charge in [-0.25, -0.2) is 14.4 Å². The molecule has 4 aromatic rings. The lowest BCUT2D eigenvalue weighted by Gasteiger charge is -2.19. The quantitative estimate of drug-likeness (QED) is 0.484. The first-order valence-electron chi connectivity index (χ1n) is 9.90. The molecule has 8 heteroatoms. The van der Waals surface area contributed by atoms with Crippen LogP contribution in [0.2, 0.25) is 5.02 Å². The fraction of sp³-hybridized carbons (Fsp3) is 0.273. The fourth-order valence-electron chi connectivity index (χ4n) is 3.87. The minimum atomic E-state index is -0.346. The smallest absolute Gasteiger partial charge is 0.160 e. The number of imidazole rings is 2. The molecule has 1 fully saturated rings. The second kappa shape index (κ2) is 7.74. The molecule has 1 N–H and O–H groups in total. The second-order valence-electron chi connectivity index (χ2n) is 7.57. The van der Waals surface area contributed by atoms with Crippen molar-refractivity contribution in [3.05, 3.63) is 71.4 Å². The van der Waals surface area contributed by atoms with E-state index in [2.05, 4.69) is 10.3 Å². The lowest BCUT2D eigenvalue weighted by molar-refractivity contribution is 0.0846. The molecule has 0 bridgehead atoms. The molecule has 1 aromatic carbocycles. The summed E-state index contributed by atoms with van der Waals surface area (Å²) < 4.78 is 23.8. The highest BCUT2D eigenvalue weighted by atomic mass is 35.5. The number of aryl methyl sites for hydroxylation is 1. The minimum Gasteiger partial charge on any atom is -0.381 e. The number of benzene rings is 1. The van der Waals surface area contributed by atoms with Crippen LogP contribution in [0.1, 0.15) is 30.1 Å². The standard InChI is InChI=1S/C22H21ClFN5O/c1-14-10-29(13-25-14)21-3-2-17(9-18(21)24)26-19-8-16(23)11-28-12-20(27-22(19)28)15-4-6-30-7-5-15/h2-3,8-13,15,26H,4-7H2,1H3. The summed E-state index contributed by atoms with van der Waals surface area (Å²) in [5, 5.41) is 3.85. The Hall–Kier alpha value is -2.90. The topological polar surface area (TPSA) is 56.4 Å². The summed E-state index contributed by atoms with van der Waals surface area (Å²) in [6, 6.07) is 6.82. The number of nitrogens with zero attached hydrogens (tertiary/aromatic N) is 4. The predicted molar refractivity (Wildman–Crippen MR) is 115 cm³/mol. The van der Waals surface area contributed by atoms with Crippen molar-refractivity contribution in [1.82, 2.24) is 18.9 Å². The summed E-state index contributed by atoms with van der Waals surface area (Å²) in [4.78, 5) is 9.00. The van der Waals surface area contributed by atoms with E-state index in [1.54, 1.807) is 23.2 Å². The zero-order valence-corrected chi connectivity index (χ0v) is 17.2. The third-order valence-corrected chi connectivity index (χ3v) is 5.60. The second-order valence-corrected chi connectivity index (χ2v) is 8.01. The SMILES string of the molecule is Cc1cn(-c2ccc(Nc3cc(Cl)cn4cc(C5CCOCC5)nc34)cc2F)cn1. The van der Waals surface area contributed by atoms with Gasteiger partial charge in [-0.2, -0.15) is 0 Å². The molecule has 0 unspecified atom stereocenters. The molecule has 1 aliphatic rings. The molecular formula is C22H21ClFN5O. The van der Waals surface area contributed by atoms with Gasteiger partial charge in [0.2, 0.25) is 0 Å². The normalized spacial score (nSPS) is 15.0. The van der Waals surface area contributed by atoms with E-state index in [1.807, 2.05) is 35.9 Å². The molecule has 1 saturated heterocycles. The lowest BCUT2D eigenvalue weighted by atomic mass is 9.97. The van der Waals surface area contributed by atoms with Gasteiger partial charge in [0, 0.05) is 43.4 Å². The van der Waals surface area contributed by atoms with E-state index in [0.29, 0.717) is 22.3 Å². The molecule has 5 rings (SSSR count). The van der Waals surface area contributed by atoms with Crippen LogP contribution in [0.4, 0.5) is 15.8 Å². The Balaban J connectivity index is 1.47. The molecule has 6 nitrogen and oxygen atoms in total. The lowest BCUT2D eigenvalue weighted by Crippen LogP contribution is -2.14. The van der Waals surface area contributed by atoms with Crippen molar-refractivity contribution < 1.29 is 9.13 Å². The van der Waals surface area contributed by atoms with Gasteiger partial charge in [-0.15, -0.1) is 0 Å². The highest BCUT2D eigenvalue weighted by Gasteiger charge is 2.20. The van der Waals surface area contributed by atoms with Crippen molar-refractivity contribution in [2.24, 2.45) is 0 Å². The maximum Gasteiger partial charge on any atom is 0.160 e. The number of ether oxygens (including phenoxy) is 1. The molecule has 0 spiro atoms. The molecule has 0 saturated carbocycles. The number of hydrogen-bond donors (Lipinski definition) is 1. The third-order valence-electron chi connectivity index (χ3n) is 5.39. The van der Waals surface area contributed by atoms with Crippen molar-refractivity contribution >= 4 is 28.6 Å². The molecule has 154 valence electrons. The van der Waals surface area contributed by atoms with Crippen LogP contribution < -0.4 is 5.32 Å². The summed E-state index contributed by atoms with van der Waals surface area (Å²) in [7, 11) is 0. The first-order valence-corrected chi connectivity index (χ1v) is 10.3. The Bertz CT molecular complexity index is 1210. The first kappa shape index (κ1) is 19.1. The molecule has 0 atom stereocenters.